The first-order valence-electron chi connectivity index (χ1n) is 4.90. The lowest BCUT2D eigenvalue weighted by Crippen LogP contribution is -1.97. The number of benzene rings is 1. The van der Waals surface area contributed by atoms with E-state index < -0.39 is 4.92 Å². The summed E-state index contributed by atoms with van der Waals surface area (Å²) < 4.78 is 0. The van der Waals surface area contributed by atoms with Crippen molar-refractivity contribution in [1.29, 1.82) is 0 Å². The van der Waals surface area contributed by atoms with E-state index >= 15 is 0 Å². The third-order valence-electron chi connectivity index (χ3n) is 2.04. The highest BCUT2D eigenvalue weighted by molar-refractivity contribution is 6.18. The van der Waals surface area contributed by atoms with Gasteiger partial charge in [0.1, 0.15) is 5.56 Å². The molecule has 0 fully saturated rings. The Kier molecular flexibility index (Phi) is 4.68. The number of rotatable bonds is 3. The molecule has 1 aromatic rings. The first kappa shape index (κ1) is 13.2. The molecule has 0 spiro atoms. The number of nitro groups is 1. The van der Waals surface area contributed by atoms with E-state index in [1.807, 2.05) is 0 Å². The molecule has 0 aliphatic rings. The Bertz CT molecular complexity index is 514. The molecule has 0 atom stereocenters. The number of carbonyl (C=O) groups excluding carboxylic acids is 1. The Morgan fingerprint density at radius 1 is 1.53 bits per heavy atom. The van der Waals surface area contributed by atoms with Crippen LogP contribution in [0.1, 0.15) is 29.3 Å². The zero-order chi connectivity index (χ0) is 12.8. The molecular formula is C12H10ClNO3. The summed E-state index contributed by atoms with van der Waals surface area (Å²) in [5, 5.41) is 10.8. The summed E-state index contributed by atoms with van der Waals surface area (Å²) in [6, 6.07) is 4.25. The first-order valence-corrected chi connectivity index (χ1v) is 5.44. The summed E-state index contributed by atoms with van der Waals surface area (Å²) in [6.07, 6.45) is 0.465. The van der Waals surface area contributed by atoms with Gasteiger partial charge in [-0.05, 0) is 19.1 Å². The van der Waals surface area contributed by atoms with Gasteiger partial charge < -0.3 is 0 Å². The van der Waals surface area contributed by atoms with Crippen LogP contribution in [-0.2, 0) is 0 Å². The van der Waals surface area contributed by atoms with Gasteiger partial charge in [0.05, 0.1) is 4.92 Å². The number of nitrogens with zero attached hydrogens (tertiary/aromatic N) is 1. The van der Waals surface area contributed by atoms with E-state index in [0.29, 0.717) is 23.4 Å². The van der Waals surface area contributed by atoms with Gasteiger partial charge in [-0.3, -0.25) is 14.9 Å². The second-order valence-corrected chi connectivity index (χ2v) is 3.66. The summed E-state index contributed by atoms with van der Waals surface area (Å²) in [7, 11) is 0. The molecule has 1 rings (SSSR count). The maximum absolute atomic E-state index is 11.1. The van der Waals surface area contributed by atoms with Crippen molar-refractivity contribution in [3.8, 4) is 11.8 Å². The van der Waals surface area contributed by atoms with Gasteiger partial charge in [0, 0.05) is 23.9 Å². The molecule has 17 heavy (non-hydrogen) atoms. The van der Waals surface area contributed by atoms with Crippen LogP contribution in [0, 0.1) is 22.0 Å². The van der Waals surface area contributed by atoms with Crippen molar-refractivity contribution in [2.24, 2.45) is 0 Å². The van der Waals surface area contributed by atoms with Crippen LogP contribution in [0.3, 0.4) is 0 Å². The normalized spacial score (nSPS) is 9.29. The van der Waals surface area contributed by atoms with E-state index in [1.54, 1.807) is 0 Å². The number of carbonyl (C=O) groups is 1. The fourth-order valence-electron chi connectivity index (χ4n) is 1.21. The van der Waals surface area contributed by atoms with Gasteiger partial charge in [0.2, 0.25) is 0 Å². The maximum atomic E-state index is 11.1. The minimum absolute atomic E-state index is 0.153. The fraction of sp³-hybridized carbons (Fsp3) is 0.250. The summed E-state index contributed by atoms with van der Waals surface area (Å²) in [5.74, 6) is 5.57. The molecule has 4 nitrogen and oxygen atoms in total. The molecule has 0 heterocycles. The Balaban J connectivity index is 3.19. The number of nitro benzene ring substituents is 1. The molecule has 0 saturated heterocycles. The Labute approximate surface area is 104 Å². The standard InChI is InChI=1S/C12H10ClNO3/c1-9(15)11-6-5-10(4-2-3-7-13)12(8-11)14(16)17/h5-6,8H,3,7H2,1H3. The zero-order valence-corrected chi connectivity index (χ0v) is 9.95. The van der Waals surface area contributed by atoms with Gasteiger partial charge in [-0.1, -0.05) is 11.8 Å². The SMILES string of the molecule is CC(=O)c1ccc(C#CCCCl)c([N+](=O)[O-])c1. The van der Waals surface area contributed by atoms with Gasteiger partial charge in [0.25, 0.3) is 5.69 Å². The van der Waals surface area contributed by atoms with Crippen molar-refractivity contribution < 1.29 is 9.72 Å². The van der Waals surface area contributed by atoms with Crippen LogP contribution in [0.5, 0.6) is 0 Å². The smallest absolute Gasteiger partial charge is 0.285 e. The molecule has 0 bridgehead atoms. The Morgan fingerprint density at radius 3 is 2.76 bits per heavy atom. The lowest BCUT2D eigenvalue weighted by atomic mass is 10.1. The highest BCUT2D eigenvalue weighted by Crippen LogP contribution is 2.19. The lowest BCUT2D eigenvalue weighted by molar-refractivity contribution is -0.385. The average molecular weight is 252 g/mol. The van der Waals surface area contributed by atoms with Crippen molar-refractivity contribution in [3.63, 3.8) is 0 Å². The zero-order valence-electron chi connectivity index (χ0n) is 9.20. The van der Waals surface area contributed by atoms with Crippen LogP contribution < -0.4 is 0 Å². The summed E-state index contributed by atoms with van der Waals surface area (Å²) >= 11 is 5.46. The van der Waals surface area contributed by atoms with Gasteiger partial charge in [-0.15, -0.1) is 11.6 Å². The molecule has 0 aliphatic heterocycles. The van der Waals surface area contributed by atoms with Crippen LogP contribution in [0.2, 0.25) is 0 Å². The largest absolute Gasteiger partial charge is 0.295 e. The van der Waals surface area contributed by atoms with Crippen LogP contribution in [0.4, 0.5) is 5.69 Å². The molecule has 0 unspecified atom stereocenters. The lowest BCUT2D eigenvalue weighted by Gasteiger charge is -1.98. The molecule has 0 aromatic heterocycles. The van der Waals surface area contributed by atoms with Crippen LogP contribution in [-0.4, -0.2) is 16.6 Å². The topological polar surface area (TPSA) is 60.2 Å². The van der Waals surface area contributed by atoms with Crippen molar-refractivity contribution in [2.45, 2.75) is 13.3 Å². The van der Waals surface area contributed by atoms with Gasteiger partial charge in [-0.2, -0.15) is 0 Å². The van der Waals surface area contributed by atoms with E-state index in [9.17, 15) is 14.9 Å². The predicted molar refractivity (Wildman–Crippen MR) is 65.3 cm³/mol. The molecule has 1 aromatic carbocycles. The van der Waals surface area contributed by atoms with E-state index in [4.69, 9.17) is 11.6 Å². The summed E-state index contributed by atoms with van der Waals surface area (Å²) in [5.41, 5.74) is 0.449. The van der Waals surface area contributed by atoms with Crippen molar-refractivity contribution >= 4 is 23.1 Å². The number of alkyl halides is 1. The quantitative estimate of drug-likeness (QED) is 0.273. The van der Waals surface area contributed by atoms with Crippen LogP contribution in [0.15, 0.2) is 18.2 Å². The Morgan fingerprint density at radius 2 is 2.24 bits per heavy atom. The highest BCUT2D eigenvalue weighted by Gasteiger charge is 2.14. The van der Waals surface area contributed by atoms with E-state index in [-0.39, 0.29) is 11.5 Å². The van der Waals surface area contributed by atoms with Gasteiger partial charge >= 0.3 is 0 Å². The number of ketones is 1. The predicted octanol–water partition coefficient (Wildman–Crippen LogP) is 2.78. The number of Topliss-reactive ketones (excluding diaryl/α,β-unsaturated/α-hetero) is 1. The van der Waals surface area contributed by atoms with E-state index in [2.05, 4.69) is 11.8 Å². The number of hydrogen-bond acceptors (Lipinski definition) is 3. The van der Waals surface area contributed by atoms with E-state index in [0.717, 1.165) is 0 Å². The first-order chi connectivity index (χ1) is 8.06. The minimum Gasteiger partial charge on any atom is -0.295 e. The van der Waals surface area contributed by atoms with Gasteiger partial charge in [-0.25, -0.2) is 0 Å². The Hall–Kier alpha value is -1.86. The highest BCUT2D eigenvalue weighted by atomic mass is 35.5. The van der Waals surface area contributed by atoms with Crippen LogP contribution >= 0.6 is 11.6 Å². The fourth-order valence-corrected chi connectivity index (χ4v) is 1.31. The molecular weight excluding hydrogens is 242 g/mol. The van der Waals surface area contributed by atoms with Crippen molar-refractivity contribution in [2.75, 3.05) is 5.88 Å². The molecule has 0 amide bonds. The average Bonchev–Trinajstić information content (AvgIpc) is 2.29. The molecule has 0 saturated carbocycles. The van der Waals surface area contributed by atoms with Gasteiger partial charge in [0.15, 0.2) is 5.78 Å². The van der Waals surface area contributed by atoms with Crippen molar-refractivity contribution in [1.82, 2.24) is 0 Å². The second kappa shape index (κ2) is 6.02. The molecule has 0 N–H and O–H groups in total. The van der Waals surface area contributed by atoms with Crippen LogP contribution in [0.25, 0.3) is 0 Å². The molecule has 5 heteroatoms. The van der Waals surface area contributed by atoms with E-state index in [1.165, 1.54) is 25.1 Å². The maximum Gasteiger partial charge on any atom is 0.285 e. The molecule has 0 aliphatic carbocycles. The summed E-state index contributed by atoms with van der Waals surface area (Å²) in [6.45, 7) is 1.36. The van der Waals surface area contributed by atoms with Crippen molar-refractivity contribution in [3.05, 3.63) is 39.4 Å². The minimum atomic E-state index is -0.544. The third kappa shape index (κ3) is 3.58. The summed E-state index contributed by atoms with van der Waals surface area (Å²) in [4.78, 5) is 21.4. The monoisotopic (exact) mass is 251 g/mol. The molecule has 88 valence electrons. The number of hydrogen-bond donors (Lipinski definition) is 0. The molecule has 0 radical (unpaired) electrons. The number of halogens is 1. The third-order valence-corrected chi connectivity index (χ3v) is 2.23. The second-order valence-electron chi connectivity index (χ2n) is 3.29.